The molecule has 1 aliphatic carbocycles. The van der Waals surface area contributed by atoms with Gasteiger partial charge < -0.3 is 14.8 Å². The zero-order valence-corrected chi connectivity index (χ0v) is 14.7. The Morgan fingerprint density at radius 3 is 2.67 bits per heavy atom. The molecule has 2 fully saturated rings. The predicted octanol–water partition coefficient (Wildman–Crippen LogP) is 4.43. The predicted molar refractivity (Wildman–Crippen MR) is 88.6 cm³/mol. The second-order valence-electron chi connectivity index (χ2n) is 5.65. The Balaban J connectivity index is 1.46. The van der Waals surface area contributed by atoms with Gasteiger partial charge in [0.15, 0.2) is 0 Å². The number of rotatable bonds is 6. The summed E-state index contributed by atoms with van der Waals surface area (Å²) in [6, 6.07) is 4.21. The molecule has 0 bridgehead atoms. The van der Waals surface area contributed by atoms with E-state index in [1.165, 1.54) is 12.8 Å². The van der Waals surface area contributed by atoms with Gasteiger partial charge in [0.05, 0.1) is 22.3 Å². The molecule has 0 aromatic heterocycles. The van der Waals surface area contributed by atoms with Crippen LogP contribution in [0.4, 0.5) is 0 Å². The van der Waals surface area contributed by atoms with E-state index in [0.717, 1.165) is 29.9 Å². The van der Waals surface area contributed by atoms with Crippen molar-refractivity contribution in [3.05, 3.63) is 26.7 Å². The van der Waals surface area contributed by atoms with Gasteiger partial charge >= 0.3 is 0 Å². The second-order valence-corrected chi connectivity index (χ2v) is 7.32. The summed E-state index contributed by atoms with van der Waals surface area (Å²) in [6.45, 7) is 1.46. The topological polar surface area (TPSA) is 30.5 Å². The van der Waals surface area contributed by atoms with Crippen molar-refractivity contribution in [2.75, 3.05) is 13.2 Å². The van der Waals surface area contributed by atoms with Crippen LogP contribution in [-0.4, -0.2) is 31.4 Å². The first-order valence-electron chi connectivity index (χ1n) is 7.28. The largest absolute Gasteiger partial charge is 0.489 e. The summed E-state index contributed by atoms with van der Waals surface area (Å²) in [5, 5.41) is 4.65. The molecule has 116 valence electrons. The van der Waals surface area contributed by atoms with E-state index in [-0.39, 0.29) is 6.10 Å². The van der Waals surface area contributed by atoms with Crippen LogP contribution in [0.5, 0.6) is 5.75 Å². The molecule has 1 saturated heterocycles. The summed E-state index contributed by atoms with van der Waals surface area (Å²) in [5.74, 6) is 0.605. The smallest absolute Gasteiger partial charge is 0.139 e. The minimum Gasteiger partial charge on any atom is -0.489 e. The first-order chi connectivity index (χ1) is 10.1. The van der Waals surface area contributed by atoms with Crippen molar-refractivity contribution >= 4 is 39.1 Å². The van der Waals surface area contributed by atoms with Crippen molar-refractivity contribution in [1.82, 2.24) is 5.32 Å². The van der Waals surface area contributed by atoms with Crippen molar-refractivity contribution < 1.29 is 9.47 Å². The molecule has 21 heavy (non-hydrogen) atoms. The number of benzene rings is 1. The molecule has 2 atom stereocenters. The lowest BCUT2D eigenvalue weighted by Gasteiger charge is -2.16. The average Bonchev–Trinajstić information content (AvgIpc) is 3.18. The van der Waals surface area contributed by atoms with Crippen LogP contribution in [0.25, 0.3) is 0 Å². The Kier molecular flexibility index (Phi) is 5.33. The Bertz CT molecular complexity index is 511. The van der Waals surface area contributed by atoms with Crippen molar-refractivity contribution in [3.63, 3.8) is 0 Å². The fourth-order valence-electron chi connectivity index (χ4n) is 2.44. The van der Waals surface area contributed by atoms with E-state index >= 15 is 0 Å². The lowest BCUT2D eigenvalue weighted by Crippen LogP contribution is -2.29. The first-order valence-corrected chi connectivity index (χ1v) is 8.83. The lowest BCUT2D eigenvalue weighted by molar-refractivity contribution is 0.0184. The third-order valence-electron chi connectivity index (χ3n) is 3.81. The molecule has 3 nitrogen and oxygen atoms in total. The van der Waals surface area contributed by atoms with Gasteiger partial charge in [-0.3, -0.25) is 0 Å². The van der Waals surface area contributed by atoms with E-state index in [9.17, 15) is 0 Å². The lowest BCUT2D eigenvalue weighted by atomic mass is 10.2. The standard InChI is InChI=1S/C15H18BrCl2NO2/c16-12-5-14(18)15(6-13(12)17)20-8-11-4-3-10(21-11)7-19-9-1-2-9/h5-6,9-11,19H,1-4,7-8H2. The van der Waals surface area contributed by atoms with E-state index in [1.807, 2.05) is 0 Å². The van der Waals surface area contributed by atoms with Gasteiger partial charge in [-0.2, -0.15) is 0 Å². The van der Waals surface area contributed by atoms with Crippen molar-refractivity contribution in [1.29, 1.82) is 0 Å². The summed E-state index contributed by atoms with van der Waals surface area (Å²) in [5.41, 5.74) is 0. The molecule has 2 aliphatic rings. The monoisotopic (exact) mass is 393 g/mol. The number of halogens is 3. The van der Waals surface area contributed by atoms with Crippen LogP contribution < -0.4 is 10.1 Å². The molecule has 0 amide bonds. The van der Waals surface area contributed by atoms with Gasteiger partial charge in [-0.15, -0.1) is 0 Å². The summed E-state index contributed by atoms with van der Waals surface area (Å²) in [7, 11) is 0. The van der Waals surface area contributed by atoms with Gasteiger partial charge in [-0.25, -0.2) is 0 Å². The summed E-state index contributed by atoms with van der Waals surface area (Å²) in [4.78, 5) is 0. The van der Waals surface area contributed by atoms with Crippen LogP contribution >= 0.6 is 39.1 Å². The number of nitrogens with one attached hydrogen (secondary N) is 1. The molecular formula is C15H18BrCl2NO2. The minimum absolute atomic E-state index is 0.134. The van der Waals surface area contributed by atoms with E-state index in [4.69, 9.17) is 32.7 Å². The van der Waals surface area contributed by atoms with Crippen LogP contribution in [0.2, 0.25) is 10.0 Å². The van der Waals surface area contributed by atoms with Gasteiger partial charge in [0.1, 0.15) is 12.4 Å². The molecule has 0 radical (unpaired) electrons. The third kappa shape index (κ3) is 4.49. The SMILES string of the molecule is Clc1cc(OCC2CCC(CNC3CC3)O2)c(Cl)cc1Br. The molecule has 6 heteroatoms. The number of hydrogen-bond donors (Lipinski definition) is 1. The Morgan fingerprint density at radius 1 is 1.14 bits per heavy atom. The van der Waals surface area contributed by atoms with Crippen molar-refractivity contribution in [2.45, 2.75) is 43.9 Å². The molecule has 1 aromatic carbocycles. The number of ether oxygens (including phenoxy) is 2. The maximum Gasteiger partial charge on any atom is 0.139 e. The third-order valence-corrected chi connectivity index (χ3v) is 5.30. The molecule has 0 spiro atoms. The van der Waals surface area contributed by atoms with Crippen LogP contribution in [-0.2, 0) is 4.74 Å². The Morgan fingerprint density at radius 2 is 1.90 bits per heavy atom. The van der Waals surface area contributed by atoms with Gasteiger partial charge in [-0.05, 0) is 47.7 Å². The summed E-state index contributed by atoms with van der Waals surface area (Å²) >= 11 is 15.5. The van der Waals surface area contributed by atoms with Gasteiger partial charge in [0.2, 0.25) is 0 Å². The summed E-state index contributed by atoms with van der Waals surface area (Å²) < 4.78 is 12.5. The van der Waals surface area contributed by atoms with E-state index in [2.05, 4.69) is 21.2 Å². The molecule has 1 aromatic rings. The molecule has 1 heterocycles. The second kappa shape index (κ2) is 7.05. The molecule has 1 aliphatic heterocycles. The highest BCUT2D eigenvalue weighted by molar-refractivity contribution is 9.10. The fraction of sp³-hybridized carbons (Fsp3) is 0.600. The number of hydrogen-bond acceptors (Lipinski definition) is 3. The normalized spacial score (nSPS) is 25.3. The summed E-state index contributed by atoms with van der Waals surface area (Å²) in [6.07, 6.45) is 5.17. The maximum atomic E-state index is 6.14. The van der Waals surface area contributed by atoms with E-state index in [0.29, 0.717) is 28.5 Å². The van der Waals surface area contributed by atoms with E-state index in [1.54, 1.807) is 12.1 Å². The van der Waals surface area contributed by atoms with Gasteiger partial charge in [-0.1, -0.05) is 23.2 Å². The zero-order chi connectivity index (χ0) is 14.8. The maximum absolute atomic E-state index is 6.14. The van der Waals surface area contributed by atoms with Crippen LogP contribution in [0.3, 0.4) is 0 Å². The fourth-order valence-corrected chi connectivity index (χ4v) is 3.28. The minimum atomic E-state index is 0.134. The molecule has 3 rings (SSSR count). The highest BCUT2D eigenvalue weighted by Gasteiger charge is 2.28. The zero-order valence-electron chi connectivity index (χ0n) is 11.6. The molecule has 1 saturated carbocycles. The van der Waals surface area contributed by atoms with Crippen LogP contribution in [0.15, 0.2) is 16.6 Å². The van der Waals surface area contributed by atoms with Crippen molar-refractivity contribution in [2.24, 2.45) is 0 Å². The van der Waals surface area contributed by atoms with Gasteiger partial charge in [0.25, 0.3) is 0 Å². The van der Waals surface area contributed by atoms with Gasteiger partial charge in [0, 0.05) is 23.1 Å². The highest BCUT2D eigenvalue weighted by Crippen LogP contribution is 2.34. The van der Waals surface area contributed by atoms with Crippen molar-refractivity contribution in [3.8, 4) is 5.75 Å². The van der Waals surface area contributed by atoms with Crippen LogP contribution in [0.1, 0.15) is 25.7 Å². The molecule has 2 unspecified atom stereocenters. The highest BCUT2D eigenvalue weighted by atomic mass is 79.9. The molecular weight excluding hydrogens is 377 g/mol. The quantitative estimate of drug-likeness (QED) is 0.723. The average molecular weight is 395 g/mol. The molecule has 1 N–H and O–H groups in total. The Labute approximate surface area is 143 Å². The van der Waals surface area contributed by atoms with E-state index < -0.39 is 0 Å². The first kappa shape index (κ1) is 15.9. The van der Waals surface area contributed by atoms with Crippen LogP contribution in [0, 0.1) is 0 Å². The Hall–Kier alpha value is -0.0000000000000000555.